The minimum atomic E-state index is 0.914. The molecule has 0 amide bonds. The van der Waals surface area contributed by atoms with Gasteiger partial charge < -0.3 is 5.32 Å². The average Bonchev–Trinajstić information content (AvgIpc) is 2.50. The molecule has 11 heavy (non-hydrogen) atoms. The van der Waals surface area contributed by atoms with E-state index in [0.29, 0.717) is 0 Å². The number of hydrogen-bond acceptors (Lipinski definition) is 4. The first-order valence-corrected chi connectivity index (χ1v) is 4.67. The molecule has 0 fully saturated rings. The first kappa shape index (κ1) is 8.62. The van der Waals surface area contributed by atoms with Crippen LogP contribution in [0.15, 0.2) is 6.20 Å². The number of hydrogen-bond donors (Lipinski definition) is 1. The highest BCUT2D eigenvalue weighted by atomic mass is 32.1. The van der Waals surface area contributed by atoms with Crippen molar-refractivity contribution in [3.8, 4) is 0 Å². The fourth-order valence-corrected chi connectivity index (χ4v) is 1.24. The molecule has 0 aromatic carbocycles. The summed E-state index contributed by atoms with van der Waals surface area (Å²) in [7, 11) is 0. The Kier molecular flexibility index (Phi) is 4.08. The van der Waals surface area contributed by atoms with Crippen LogP contribution in [0.1, 0.15) is 24.6 Å². The van der Waals surface area contributed by atoms with Gasteiger partial charge in [0.2, 0.25) is 0 Å². The Hall–Kier alpha value is -0.480. The lowest BCUT2D eigenvalue weighted by molar-refractivity contribution is 0.645. The van der Waals surface area contributed by atoms with Crippen molar-refractivity contribution in [2.75, 3.05) is 6.54 Å². The summed E-state index contributed by atoms with van der Waals surface area (Å²) in [6, 6.07) is 0. The highest BCUT2D eigenvalue weighted by Gasteiger charge is 1.93. The molecule has 0 spiro atoms. The summed E-state index contributed by atoms with van der Waals surface area (Å²) in [5.74, 6) is 0. The van der Waals surface area contributed by atoms with Gasteiger partial charge in [0.05, 0.1) is 11.1 Å². The molecule has 0 aliphatic heterocycles. The van der Waals surface area contributed by atoms with Crippen LogP contribution in [0.5, 0.6) is 0 Å². The maximum atomic E-state index is 3.77. The minimum Gasteiger partial charge on any atom is -0.312 e. The van der Waals surface area contributed by atoms with Crippen LogP contribution in [0.25, 0.3) is 0 Å². The summed E-state index contributed by atoms with van der Waals surface area (Å²) in [4.78, 5) is 1.21. The van der Waals surface area contributed by atoms with E-state index in [1.54, 1.807) is 0 Å². The van der Waals surface area contributed by atoms with Gasteiger partial charge in [0.25, 0.3) is 0 Å². The van der Waals surface area contributed by atoms with Crippen LogP contribution >= 0.6 is 11.5 Å². The van der Waals surface area contributed by atoms with Crippen LogP contribution in [0.3, 0.4) is 0 Å². The Morgan fingerprint density at radius 1 is 1.64 bits per heavy atom. The van der Waals surface area contributed by atoms with Crippen LogP contribution in [-0.2, 0) is 6.54 Å². The summed E-state index contributed by atoms with van der Waals surface area (Å²) in [5, 5.41) is 7.07. The molecule has 1 rings (SSSR count). The molecule has 4 heteroatoms. The van der Waals surface area contributed by atoms with E-state index in [9.17, 15) is 0 Å². The molecule has 1 aromatic heterocycles. The topological polar surface area (TPSA) is 37.8 Å². The second kappa shape index (κ2) is 5.21. The van der Waals surface area contributed by atoms with Crippen molar-refractivity contribution >= 4 is 11.5 Å². The third kappa shape index (κ3) is 3.43. The van der Waals surface area contributed by atoms with Crippen LogP contribution in [0.2, 0.25) is 0 Å². The molecule has 0 radical (unpaired) electrons. The zero-order chi connectivity index (χ0) is 7.94. The van der Waals surface area contributed by atoms with Crippen molar-refractivity contribution < 1.29 is 0 Å². The van der Waals surface area contributed by atoms with Crippen LogP contribution in [0.4, 0.5) is 0 Å². The van der Waals surface area contributed by atoms with E-state index < -0.39 is 0 Å². The largest absolute Gasteiger partial charge is 0.312 e. The number of aromatic nitrogens is 2. The van der Waals surface area contributed by atoms with Crippen molar-refractivity contribution in [2.45, 2.75) is 26.3 Å². The third-order valence-electron chi connectivity index (χ3n) is 1.41. The molecule has 0 aliphatic carbocycles. The van der Waals surface area contributed by atoms with Crippen molar-refractivity contribution in [1.82, 2.24) is 14.9 Å². The van der Waals surface area contributed by atoms with E-state index >= 15 is 0 Å². The maximum absolute atomic E-state index is 3.77. The Morgan fingerprint density at radius 3 is 3.18 bits per heavy atom. The van der Waals surface area contributed by atoms with E-state index in [0.717, 1.165) is 13.1 Å². The molecule has 0 saturated carbocycles. The van der Waals surface area contributed by atoms with Gasteiger partial charge >= 0.3 is 0 Å². The molecular weight excluding hydrogens is 158 g/mol. The van der Waals surface area contributed by atoms with Gasteiger partial charge in [0, 0.05) is 6.54 Å². The van der Waals surface area contributed by atoms with Crippen molar-refractivity contribution in [1.29, 1.82) is 0 Å². The predicted octanol–water partition coefficient (Wildman–Crippen LogP) is 1.43. The van der Waals surface area contributed by atoms with E-state index in [4.69, 9.17) is 0 Å². The predicted molar refractivity (Wildman–Crippen MR) is 46.5 cm³/mol. The van der Waals surface area contributed by atoms with E-state index in [-0.39, 0.29) is 0 Å². The Labute approximate surface area is 71.0 Å². The van der Waals surface area contributed by atoms with Crippen LogP contribution < -0.4 is 5.32 Å². The van der Waals surface area contributed by atoms with Crippen molar-refractivity contribution in [3.63, 3.8) is 0 Å². The quantitative estimate of drug-likeness (QED) is 0.681. The lowest BCUT2D eigenvalue weighted by Crippen LogP contribution is -2.13. The number of unbranched alkanes of at least 4 members (excludes halogenated alkanes) is 1. The SMILES string of the molecule is CCCCNCc1cnns1. The summed E-state index contributed by atoms with van der Waals surface area (Å²) >= 11 is 1.46. The molecule has 1 N–H and O–H groups in total. The maximum Gasteiger partial charge on any atom is 0.0666 e. The second-order valence-electron chi connectivity index (χ2n) is 2.41. The van der Waals surface area contributed by atoms with Gasteiger partial charge in [-0.3, -0.25) is 0 Å². The monoisotopic (exact) mass is 171 g/mol. The molecule has 0 atom stereocenters. The lowest BCUT2D eigenvalue weighted by Gasteiger charge is -1.98. The Balaban J connectivity index is 2.04. The van der Waals surface area contributed by atoms with Gasteiger partial charge in [0.1, 0.15) is 0 Å². The molecule has 0 aliphatic rings. The second-order valence-corrected chi connectivity index (χ2v) is 3.28. The first-order chi connectivity index (χ1) is 5.43. The molecule has 1 heterocycles. The summed E-state index contributed by atoms with van der Waals surface area (Å²) in [5.41, 5.74) is 0. The standard InChI is InChI=1S/C7H13N3S/c1-2-3-4-8-5-7-6-9-10-11-7/h6,8H,2-5H2,1H3. The fraction of sp³-hybridized carbons (Fsp3) is 0.714. The first-order valence-electron chi connectivity index (χ1n) is 3.90. The molecule has 1 aromatic rings. The normalized spacial score (nSPS) is 10.3. The Bertz CT molecular complexity index is 174. The van der Waals surface area contributed by atoms with Gasteiger partial charge in [-0.05, 0) is 24.5 Å². The van der Waals surface area contributed by atoms with Gasteiger partial charge in [-0.1, -0.05) is 17.8 Å². The van der Waals surface area contributed by atoms with Crippen molar-refractivity contribution in [3.05, 3.63) is 11.1 Å². The summed E-state index contributed by atoms with van der Waals surface area (Å²) in [6.07, 6.45) is 4.30. The van der Waals surface area contributed by atoms with E-state index in [1.165, 1.54) is 29.3 Å². The molecule has 0 unspecified atom stereocenters. The highest BCUT2D eigenvalue weighted by Crippen LogP contribution is 2.00. The zero-order valence-electron chi connectivity index (χ0n) is 6.71. The molecule has 62 valence electrons. The van der Waals surface area contributed by atoms with Gasteiger partial charge in [-0.15, -0.1) is 5.10 Å². The third-order valence-corrected chi connectivity index (χ3v) is 2.07. The average molecular weight is 171 g/mol. The van der Waals surface area contributed by atoms with Crippen molar-refractivity contribution in [2.24, 2.45) is 0 Å². The molecular formula is C7H13N3S. The fourth-order valence-electron chi connectivity index (χ4n) is 0.779. The van der Waals surface area contributed by atoms with Gasteiger partial charge in [-0.2, -0.15) is 0 Å². The van der Waals surface area contributed by atoms with Crippen LogP contribution in [0, 0.1) is 0 Å². The lowest BCUT2D eigenvalue weighted by atomic mass is 10.3. The smallest absolute Gasteiger partial charge is 0.0666 e. The molecule has 0 bridgehead atoms. The summed E-state index contributed by atoms with van der Waals surface area (Å²) in [6.45, 7) is 4.20. The molecule has 3 nitrogen and oxygen atoms in total. The number of nitrogens with zero attached hydrogens (tertiary/aromatic N) is 2. The van der Waals surface area contributed by atoms with E-state index in [2.05, 4.69) is 21.8 Å². The molecule has 0 saturated heterocycles. The highest BCUT2D eigenvalue weighted by molar-refractivity contribution is 7.05. The summed E-state index contributed by atoms with van der Waals surface area (Å²) < 4.78 is 3.77. The van der Waals surface area contributed by atoms with Gasteiger partial charge in [-0.25, -0.2) is 0 Å². The number of nitrogens with one attached hydrogen (secondary N) is 1. The Morgan fingerprint density at radius 2 is 2.55 bits per heavy atom. The minimum absolute atomic E-state index is 0.914. The van der Waals surface area contributed by atoms with E-state index in [1.807, 2.05) is 6.20 Å². The van der Waals surface area contributed by atoms with Gasteiger partial charge in [0.15, 0.2) is 0 Å². The van der Waals surface area contributed by atoms with Crippen LogP contribution in [-0.4, -0.2) is 16.1 Å². The number of rotatable bonds is 5. The zero-order valence-corrected chi connectivity index (χ0v) is 7.52.